The quantitative estimate of drug-likeness (QED) is 0.866. The van der Waals surface area contributed by atoms with Gasteiger partial charge in [-0.15, -0.1) is 0 Å². The standard InChI is InChI=1S/C16H24BrFN2/c1-2-5-13-6-3-4-9-20(13)16(11-19)14-8-7-12(17)10-15(14)18/h7-8,10,13,16H,2-6,9,11,19H2,1H3. The second kappa shape index (κ2) is 7.53. The zero-order valence-electron chi connectivity index (χ0n) is 12.1. The van der Waals surface area contributed by atoms with Gasteiger partial charge in [0.05, 0.1) is 6.04 Å². The van der Waals surface area contributed by atoms with Crippen molar-refractivity contribution in [3.05, 3.63) is 34.1 Å². The van der Waals surface area contributed by atoms with Crippen molar-refractivity contribution < 1.29 is 4.39 Å². The van der Waals surface area contributed by atoms with E-state index in [1.807, 2.05) is 12.1 Å². The molecule has 1 aliphatic heterocycles. The average Bonchev–Trinajstić information content (AvgIpc) is 2.44. The van der Waals surface area contributed by atoms with E-state index in [0.29, 0.717) is 12.6 Å². The van der Waals surface area contributed by atoms with Crippen LogP contribution in [0.1, 0.15) is 50.6 Å². The Labute approximate surface area is 129 Å². The molecular formula is C16H24BrFN2. The van der Waals surface area contributed by atoms with Crippen LogP contribution in [0, 0.1) is 5.82 Å². The number of halogens is 2. The molecule has 0 amide bonds. The summed E-state index contributed by atoms with van der Waals surface area (Å²) in [5.74, 6) is -0.157. The van der Waals surface area contributed by atoms with Crippen molar-refractivity contribution in [2.75, 3.05) is 13.1 Å². The van der Waals surface area contributed by atoms with Crippen LogP contribution in [0.3, 0.4) is 0 Å². The number of benzene rings is 1. The summed E-state index contributed by atoms with van der Waals surface area (Å²) >= 11 is 3.32. The van der Waals surface area contributed by atoms with Gasteiger partial charge in [0.1, 0.15) is 5.82 Å². The average molecular weight is 343 g/mol. The van der Waals surface area contributed by atoms with Crippen LogP contribution in [0.5, 0.6) is 0 Å². The molecular weight excluding hydrogens is 319 g/mol. The Morgan fingerprint density at radius 2 is 2.25 bits per heavy atom. The number of nitrogens with zero attached hydrogens (tertiary/aromatic N) is 1. The molecule has 1 aromatic rings. The fourth-order valence-corrected chi connectivity index (χ4v) is 3.62. The van der Waals surface area contributed by atoms with Gasteiger partial charge in [0, 0.05) is 22.6 Å². The molecule has 1 aromatic carbocycles. The van der Waals surface area contributed by atoms with Gasteiger partial charge in [-0.2, -0.15) is 0 Å². The minimum absolute atomic E-state index is 0.0000463. The second-order valence-corrected chi connectivity index (χ2v) is 6.51. The van der Waals surface area contributed by atoms with Gasteiger partial charge in [0.15, 0.2) is 0 Å². The number of piperidine rings is 1. The predicted octanol–water partition coefficient (Wildman–Crippen LogP) is 4.24. The maximum Gasteiger partial charge on any atom is 0.129 e. The van der Waals surface area contributed by atoms with Crippen LogP contribution in [0.15, 0.2) is 22.7 Å². The summed E-state index contributed by atoms with van der Waals surface area (Å²) in [5, 5.41) is 0. The van der Waals surface area contributed by atoms with Gasteiger partial charge in [0.2, 0.25) is 0 Å². The fraction of sp³-hybridized carbons (Fsp3) is 0.625. The molecule has 1 aliphatic rings. The molecule has 0 radical (unpaired) electrons. The van der Waals surface area contributed by atoms with Crippen molar-refractivity contribution in [3.63, 3.8) is 0 Å². The fourth-order valence-electron chi connectivity index (χ4n) is 3.29. The highest BCUT2D eigenvalue weighted by atomic mass is 79.9. The number of hydrogen-bond donors (Lipinski definition) is 1. The Morgan fingerprint density at radius 1 is 1.45 bits per heavy atom. The van der Waals surface area contributed by atoms with Crippen molar-refractivity contribution >= 4 is 15.9 Å². The molecule has 0 saturated carbocycles. The molecule has 0 aromatic heterocycles. The lowest BCUT2D eigenvalue weighted by molar-refractivity contribution is 0.0894. The molecule has 1 heterocycles. The molecule has 2 unspecified atom stereocenters. The Morgan fingerprint density at radius 3 is 2.90 bits per heavy atom. The maximum absolute atomic E-state index is 14.2. The molecule has 1 fully saturated rings. The molecule has 2 atom stereocenters. The van der Waals surface area contributed by atoms with Crippen LogP contribution in [-0.4, -0.2) is 24.0 Å². The number of hydrogen-bond acceptors (Lipinski definition) is 2. The summed E-state index contributed by atoms with van der Waals surface area (Å²) < 4.78 is 15.0. The molecule has 2 N–H and O–H groups in total. The van der Waals surface area contributed by atoms with Crippen molar-refractivity contribution in [3.8, 4) is 0 Å². The molecule has 112 valence electrons. The Bertz CT molecular complexity index is 436. The number of rotatable bonds is 5. The Balaban J connectivity index is 2.25. The van der Waals surface area contributed by atoms with E-state index in [0.717, 1.165) is 16.6 Å². The largest absolute Gasteiger partial charge is 0.329 e. The zero-order valence-corrected chi connectivity index (χ0v) is 13.7. The molecule has 0 aliphatic carbocycles. The third kappa shape index (κ3) is 3.60. The summed E-state index contributed by atoms with van der Waals surface area (Å²) in [6.07, 6.45) is 6.02. The van der Waals surface area contributed by atoms with Crippen LogP contribution in [0.25, 0.3) is 0 Å². The van der Waals surface area contributed by atoms with E-state index in [2.05, 4.69) is 27.8 Å². The molecule has 20 heavy (non-hydrogen) atoms. The first-order valence-electron chi connectivity index (χ1n) is 7.58. The molecule has 0 bridgehead atoms. The summed E-state index contributed by atoms with van der Waals surface area (Å²) in [7, 11) is 0. The second-order valence-electron chi connectivity index (χ2n) is 5.59. The lowest BCUT2D eigenvalue weighted by atomic mass is 9.93. The number of likely N-dealkylation sites (tertiary alicyclic amines) is 1. The van der Waals surface area contributed by atoms with E-state index in [1.165, 1.54) is 38.2 Å². The van der Waals surface area contributed by atoms with Gasteiger partial charge >= 0.3 is 0 Å². The lowest BCUT2D eigenvalue weighted by Crippen LogP contribution is -2.44. The highest BCUT2D eigenvalue weighted by molar-refractivity contribution is 9.10. The van der Waals surface area contributed by atoms with Gasteiger partial charge in [-0.3, -0.25) is 4.90 Å². The maximum atomic E-state index is 14.2. The molecule has 0 spiro atoms. The molecule has 2 nitrogen and oxygen atoms in total. The van der Waals surface area contributed by atoms with Crippen LogP contribution in [0.2, 0.25) is 0 Å². The van der Waals surface area contributed by atoms with Crippen LogP contribution < -0.4 is 5.73 Å². The van der Waals surface area contributed by atoms with Crippen molar-refractivity contribution in [1.82, 2.24) is 4.90 Å². The lowest BCUT2D eigenvalue weighted by Gasteiger charge is -2.41. The van der Waals surface area contributed by atoms with Crippen molar-refractivity contribution in [2.45, 2.75) is 51.1 Å². The van der Waals surface area contributed by atoms with Gasteiger partial charge in [-0.1, -0.05) is 41.8 Å². The third-order valence-electron chi connectivity index (χ3n) is 4.24. The third-order valence-corrected chi connectivity index (χ3v) is 4.73. The van der Waals surface area contributed by atoms with Gasteiger partial charge in [0.25, 0.3) is 0 Å². The predicted molar refractivity (Wildman–Crippen MR) is 85.1 cm³/mol. The molecule has 1 saturated heterocycles. The smallest absolute Gasteiger partial charge is 0.129 e. The minimum atomic E-state index is -0.157. The summed E-state index contributed by atoms with van der Waals surface area (Å²) in [5.41, 5.74) is 6.72. The number of nitrogens with two attached hydrogens (primary N) is 1. The van der Waals surface area contributed by atoms with E-state index in [9.17, 15) is 4.39 Å². The first kappa shape index (κ1) is 15.9. The summed E-state index contributed by atoms with van der Waals surface area (Å²) in [4.78, 5) is 2.43. The Kier molecular flexibility index (Phi) is 6.00. The molecule has 4 heteroatoms. The van der Waals surface area contributed by atoms with Gasteiger partial charge in [-0.25, -0.2) is 4.39 Å². The minimum Gasteiger partial charge on any atom is -0.329 e. The van der Waals surface area contributed by atoms with E-state index in [4.69, 9.17) is 5.73 Å². The highest BCUT2D eigenvalue weighted by Gasteiger charge is 2.29. The van der Waals surface area contributed by atoms with E-state index >= 15 is 0 Å². The summed E-state index contributed by atoms with van der Waals surface area (Å²) in [6, 6.07) is 5.86. The normalized spacial score (nSPS) is 21.9. The van der Waals surface area contributed by atoms with Crippen LogP contribution >= 0.6 is 15.9 Å². The van der Waals surface area contributed by atoms with E-state index < -0.39 is 0 Å². The first-order valence-corrected chi connectivity index (χ1v) is 8.37. The van der Waals surface area contributed by atoms with Crippen molar-refractivity contribution in [2.24, 2.45) is 5.73 Å². The first-order chi connectivity index (χ1) is 9.67. The SMILES string of the molecule is CCCC1CCCCN1C(CN)c1ccc(Br)cc1F. The Hall–Kier alpha value is -0.450. The highest BCUT2D eigenvalue weighted by Crippen LogP contribution is 2.32. The van der Waals surface area contributed by atoms with Crippen molar-refractivity contribution in [1.29, 1.82) is 0 Å². The topological polar surface area (TPSA) is 29.3 Å². The van der Waals surface area contributed by atoms with Gasteiger partial charge < -0.3 is 5.73 Å². The monoisotopic (exact) mass is 342 g/mol. The van der Waals surface area contributed by atoms with E-state index in [-0.39, 0.29) is 11.9 Å². The summed E-state index contributed by atoms with van der Waals surface area (Å²) in [6.45, 7) is 3.71. The van der Waals surface area contributed by atoms with E-state index in [1.54, 1.807) is 0 Å². The zero-order chi connectivity index (χ0) is 14.5. The van der Waals surface area contributed by atoms with Crippen LogP contribution in [0.4, 0.5) is 4.39 Å². The van der Waals surface area contributed by atoms with Crippen LogP contribution in [-0.2, 0) is 0 Å². The van der Waals surface area contributed by atoms with Gasteiger partial charge in [-0.05, 0) is 37.9 Å². The molecule has 2 rings (SSSR count).